The van der Waals surface area contributed by atoms with E-state index in [1.165, 1.54) is 18.9 Å². The van der Waals surface area contributed by atoms with Gasteiger partial charge in [0.05, 0.1) is 0 Å². The van der Waals surface area contributed by atoms with Crippen molar-refractivity contribution in [2.24, 2.45) is 5.92 Å². The fraction of sp³-hybridized carbons (Fsp3) is 0.700. The van der Waals surface area contributed by atoms with Gasteiger partial charge in [0.15, 0.2) is 0 Å². The number of nitrogens with zero attached hydrogens (tertiary/aromatic N) is 1. The molecule has 0 heterocycles. The Bertz CT molecular complexity index is 197. The summed E-state index contributed by atoms with van der Waals surface area (Å²) in [4.78, 5) is 12.5. The van der Waals surface area contributed by atoms with E-state index in [4.69, 9.17) is 5.11 Å². The molecule has 0 saturated heterocycles. The molecule has 0 unspecified atom stereocenters. The zero-order chi connectivity index (χ0) is 9.68. The van der Waals surface area contributed by atoms with Crippen LogP contribution in [-0.4, -0.2) is 35.6 Å². The molecular weight excluding hydrogens is 166 g/mol. The number of carbonyl (C=O) groups is 1. The molecule has 3 nitrogen and oxygen atoms in total. The Balaban J connectivity index is 2.17. The first kappa shape index (κ1) is 10.3. The SMILES string of the molecule is CCN(C/C=C/C(=O)O)CC1CC1. The van der Waals surface area contributed by atoms with Crippen molar-refractivity contribution in [3.8, 4) is 0 Å². The number of likely N-dealkylation sites (N-methyl/N-ethyl adjacent to an activating group) is 1. The number of carboxylic acid groups (broad SMARTS) is 1. The molecule has 0 aromatic carbocycles. The molecule has 0 aliphatic heterocycles. The number of carboxylic acids is 1. The average Bonchev–Trinajstić information content (AvgIpc) is 2.86. The first-order chi connectivity index (χ1) is 6.22. The van der Waals surface area contributed by atoms with Crippen molar-refractivity contribution >= 4 is 5.97 Å². The van der Waals surface area contributed by atoms with Crippen LogP contribution in [0.5, 0.6) is 0 Å². The van der Waals surface area contributed by atoms with Gasteiger partial charge in [-0.2, -0.15) is 0 Å². The van der Waals surface area contributed by atoms with Gasteiger partial charge in [0.1, 0.15) is 0 Å². The molecule has 13 heavy (non-hydrogen) atoms. The average molecular weight is 183 g/mol. The van der Waals surface area contributed by atoms with Gasteiger partial charge in [-0.3, -0.25) is 4.90 Å². The van der Waals surface area contributed by atoms with Crippen molar-refractivity contribution in [2.75, 3.05) is 19.6 Å². The molecule has 3 heteroatoms. The molecule has 0 radical (unpaired) electrons. The minimum absolute atomic E-state index is 0.763. The summed E-state index contributed by atoms with van der Waals surface area (Å²) in [6, 6.07) is 0. The van der Waals surface area contributed by atoms with Crippen LogP contribution in [0.1, 0.15) is 19.8 Å². The van der Waals surface area contributed by atoms with Crippen LogP contribution in [0.3, 0.4) is 0 Å². The largest absolute Gasteiger partial charge is 0.478 e. The molecule has 1 N–H and O–H groups in total. The molecular formula is C10H17NO2. The predicted octanol–water partition coefficient (Wildman–Crippen LogP) is 1.36. The minimum atomic E-state index is -0.859. The van der Waals surface area contributed by atoms with E-state index in [9.17, 15) is 4.79 Å². The number of aliphatic carboxylic acids is 1. The lowest BCUT2D eigenvalue weighted by Crippen LogP contribution is -2.25. The van der Waals surface area contributed by atoms with Gasteiger partial charge < -0.3 is 5.11 Å². The van der Waals surface area contributed by atoms with Crippen molar-refractivity contribution in [1.82, 2.24) is 4.90 Å². The molecule has 1 aliphatic rings. The lowest BCUT2D eigenvalue weighted by atomic mass is 10.3. The molecule has 0 atom stereocenters. The van der Waals surface area contributed by atoms with Crippen LogP contribution in [0.15, 0.2) is 12.2 Å². The van der Waals surface area contributed by atoms with Gasteiger partial charge in [-0.15, -0.1) is 0 Å². The summed E-state index contributed by atoms with van der Waals surface area (Å²) in [5.41, 5.74) is 0. The van der Waals surface area contributed by atoms with E-state index in [1.807, 2.05) is 0 Å². The summed E-state index contributed by atoms with van der Waals surface area (Å²) in [6.07, 6.45) is 5.63. The molecule has 74 valence electrons. The second-order valence-electron chi connectivity index (χ2n) is 3.54. The van der Waals surface area contributed by atoms with E-state index in [0.29, 0.717) is 0 Å². The van der Waals surface area contributed by atoms with E-state index in [1.54, 1.807) is 6.08 Å². The smallest absolute Gasteiger partial charge is 0.328 e. The lowest BCUT2D eigenvalue weighted by Gasteiger charge is -2.17. The third kappa shape index (κ3) is 4.68. The van der Waals surface area contributed by atoms with Gasteiger partial charge in [0.2, 0.25) is 0 Å². The Morgan fingerprint density at radius 1 is 1.62 bits per heavy atom. The maximum absolute atomic E-state index is 10.2. The Morgan fingerprint density at radius 2 is 2.31 bits per heavy atom. The molecule has 0 aromatic heterocycles. The van der Waals surface area contributed by atoms with E-state index in [-0.39, 0.29) is 0 Å². The zero-order valence-corrected chi connectivity index (χ0v) is 8.07. The normalized spacial score (nSPS) is 17.1. The first-order valence-corrected chi connectivity index (χ1v) is 4.84. The zero-order valence-electron chi connectivity index (χ0n) is 8.07. The van der Waals surface area contributed by atoms with Crippen LogP contribution < -0.4 is 0 Å². The second kappa shape index (κ2) is 5.02. The number of rotatable bonds is 6. The number of hydrogen-bond acceptors (Lipinski definition) is 2. The van der Waals surface area contributed by atoms with Gasteiger partial charge in [-0.25, -0.2) is 4.79 Å². The van der Waals surface area contributed by atoms with E-state index >= 15 is 0 Å². The molecule has 1 fully saturated rings. The van der Waals surface area contributed by atoms with Crippen molar-refractivity contribution in [1.29, 1.82) is 0 Å². The first-order valence-electron chi connectivity index (χ1n) is 4.84. The van der Waals surface area contributed by atoms with Gasteiger partial charge in [-0.1, -0.05) is 13.0 Å². The Morgan fingerprint density at radius 3 is 2.77 bits per heavy atom. The Labute approximate surface area is 79.0 Å². The van der Waals surface area contributed by atoms with Crippen molar-refractivity contribution in [3.05, 3.63) is 12.2 Å². The van der Waals surface area contributed by atoms with Gasteiger partial charge in [0.25, 0.3) is 0 Å². The monoisotopic (exact) mass is 183 g/mol. The van der Waals surface area contributed by atoms with Crippen molar-refractivity contribution < 1.29 is 9.90 Å². The highest BCUT2D eigenvalue weighted by atomic mass is 16.4. The molecule has 1 saturated carbocycles. The van der Waals surface area contributed by atoms with Gasteiger partial charge in [0, 0.05) is 19.2 Å². The third-order valence-electron chi connectivity index (χ3n) is 2.28. The summed E-state index contributed by atoms with van der Waals surface area (Å²) >= 11 is 0. The highest BCUT2D eigenvalue weighted by Crippen LogP contribution is 2.29. The summed E-state index contributed by atoms with van der Waals surface area (Å²) in [5.74, 6) is 0.0145. The van der Waals surface area contributed by atoms with E-state index < -0.39 is 5.97 Å². The molecule has 0 bridgehead atoms. The summed E-state index contributed by atoms with van der Waals surface area (Å²) in [7, 11) is 0. The van der Waals surface area contributed by atoms with Crippen LogP contribution in [0.2, 0.25) is 0 Å². The summed E-state index contributed by atoms with van der Waals surface area (Å²) in [6.45, 7) is 5.00. The lowest BCUT2D eigenvalue weighted by molar-refractivity contribution is -0.131. The van der Waals surface area contributed by atoms with Gasteiger partial charge >= 0.3 is 5.97 Å². The molecule has 0 spiro atoms. The fourth-order valence-corrected chi connectivity index (χ4v) is 1.30. The van der Waals surface area contributed by atoms with Gasteiger partial charge in [-0.05, 0) is 25.3 Å². The second-order valence-corrected chi connectivity index (χ2v) is 3.54. The van der Waals surface area contributed by atoms with E-state index in [2.05, 4.69) is 11.8 Å². The summed E-state index contributed by atoms with van der Waals surface area (Å²) < 4.78 is 0. The molecule has 0 amide bonds. The topological polar surface area (TPSA) is 40.5 Å². The van der Waals surface area contributed by atoms with Crippen molar-refractivity contribution in [3.63, 3.8) is 0 Å². The molecule has 0 aromatic rings. The van der Waals surface area contributed by atoms with Crippen LogP contribution >= 0.6 is 0 Å². The predicted molar refractivity (Wildman–Crippen MR) is 51.6 cm³/mol. The Hall–Kier alpha value is -0.830. The number of hydrogen-bond donors (Lipinski definition) is 1. The maximum atomic E-state index is 10.2. The quantitative estimate of drug-likeness (QED) is 0.632. The van der Waals surface area contributed by atoms with Crippen LogP contribution in [-0.2, 0) is 4.79 Å². The summed E-state index contributed by atoms with van der Waals surface area (Å²) in [5, 5.41) is 8.39. The Kier molecular flexibility index (Phi) is 3.96. The molecule has 1 aliphatic carbocycles. The van der Waals surface area contributed by atoms with Crippen LogP contribution in [0.25, 0.3) is 0 Å². The maximum Gasteiger partial charge on any atom is 0.328 e. The molecule has 1 rings (SSSR count). The van der Waals surface area contributed by atoms with Crippen molar-refractivity contribution in [2.45, 2.75) is 19.8 Å². The fourth-order valence-electron chi connectivity index (χ4n) is 1.30. The standard InChI is InChI=1S/C10H17NO2/c1-2-11(8-9-5-6-9)7-3-4-10(12)13/h3-4,9H,2,5-8H2,1H3,(H,12,13)/b4-3+. The van der Waals surface area contributed by atoms with Crippen LogP contribution in [0.4, 0.5) is 0 Å². The minimum Gasteiger partial charge on any atom is -0.478 e. The highest BCUT2D eigenvalue weighted by molar-refractivity contribution is 5.79. The third-order valence-corrected chi connectivity index (χ3v) is 2.28. The highest BCUT2D eigenvalue weighted by Gasteiger charge is 2.22. The van der Waals surface area contributed by atoms with Crippen LogP contribution in [0, 0.1) is 5.92 Å². The van der Waals surface area contributed by atoms with E-state index in [0.717, 1.165) is 25.6 Å².